The van der Waals surface area contributed by atoms with Crippen LogP contribution >= 0.6 is 0 Å². The van der Waals surface area contributed by atoms with Crippen LogP contribution in [-0.2, 0) is 4.79 Å². The van der Waals surface area contributed by atoms with Gasteiger partial charge in [0.15, 0.2) is 0 Å². The zero-order chi connectivity index (χ0) is 17.8. The van der Waals surface area contributed by atoms with Gasteiger partial charge in [0.2, 0.25) is 5.91 Å². The summed E-state index contributed by atoms with van der Waals surface area (Å²) in [4.78, 5) is 16.4. The van der Waals surface area contributed by atoms with Crippen molar-refractivity contribution in [1.29, 1.82) is 0 Å². The van der Waals surface area contributed by atoms with Gasteiger partial charge in [-0.2, -0.15) is 0 Å². The third-order valence-electron chi connectivity index (χ3n) is 5.67. The molecule has 2 aliphatic rings. The second-order valence-corrected chi connectivity index (χ2v) is 7.98. The fourth-order valence-electron chi connectivity index (χ4n) is 4.27. The number of carbonyl (C=O) groups is 1. The average molecular weight is 344 g/mol. The van der Waals surface area contributed by atoms with Gasteiger partial charge in [-0.05, 0) is 64.1 Å². The Balaban J connectivity index is 1.46. The van der Waals surface area contributed by atoms with Crippen molar-refractivity contribution in [2.75, 3.05) is 32.7 Å². The molecule has 0 radical (unpaired) electrons. The van der Waals surface area contributed by atoms with Crippen LogP contribution in [0.3, 0.4) is 0 Å². The van der Waals surface area contributed by atoms with Gasteiger partial charge in [-0.15, -0.1) is 0 Å². The molecule has 0 aliphatic carbocycles. The number of aliphatic hydroxyl groups is 1. The quantitative estimate of drug-likeness (QED) is 0.893. The highest BCUT2D eigenvalue weighted by Gasteiger charge is 2.26. The van der Waals surface area contributed by atoms with E-state index in [-0.39, 0.29) is 0 Å². The van der Waals surface area contributed by atoms with E-state index < -0.39 is 6.10 Å². The van der Waals surface area contributed by atoms with E-state index in [1.54, 1.807) is 0 Å². The molecule has 3 rings (SSSR count). The van der Waals surface area contributed by atoms with E-state index in [1.807, 2.05) is 0 Å². The molecule has 0 spiro atoms. The molecule has 1 unspecified atom stereocenters. The summed E-state index contributed by atoms with van der Waals surface area (Å²) >= 11 is 0. The van der Waals surface area contributed by atoms with Crippen molar-refractivity contribution in [2.24, 2.45) is 5.92 Å². The SMILES string of the molecule is Cc1cc(C)cc(C(O)CN2CCC(CN3CCCCC3=O)CC2)c1. The first-order valence-corrected chi connectivity index (χ1v) is 9.77. The standard InChI is InChI=1S/C21H32N2O2/c1-16-11-17(2)13-19(12-16)20(24)15-22-9-6-18(7-10-22)14-23-8-4-3-5-21(23)25/h11-13,18,20,24H,3-10,14-15H2,1-2H3. The van der Waals surface area contributed by atoms with Gasteiger partial charge in [0, 0.05) is 26.1 Å². The number of nitrogens with zero attached hydrogens (tertiary/aromatic N) is 2. The Hall–Kier alpha value is -1.39. The van der Waals surface area contributed by atoms with Crippen LogP contribution in [0.2, 0.25) is 0 Å². The number of hydrogen-bond donors (Lipinski definition) is 1. The molecule has 1 aromatic carbocycles. The van der Waals surface area contributed by atoms with Crippen molar-refractivity contribution < 1.29 is 9.90 Å². The molecule has 1 amide bonds. The lowest BCUT2D eigenvalue weighted by molar-refractivity contribution is -0.134. The van der Waals surface area contributed by atoms with Gasteiger partial charge >= 0.3 is 0 Å². The maximum absolute atomic E-state index is 12.0. The summed E-state index contributed by atoms with van der Waals surface area (Å²) in [6, 6.07) is 6.32. The summed E-state index contributed by atoms with van der Waals surface area (Å²) in [5.74, 6) is 0.968. The molecule has 25 heavy (non-hydrogen) atoms. The molecule has 2 aliphatic heterocycles. The first kappa shape index (κ1) is 18.4. The van der Waals surface area contributed by atoms with Crippen molar-refractivity contribution in [2.45, 2.75) is 52.1 Å². The number of amides is 1. The number of rotatable bonds is 5. The van der Waals surface area contributed by atoms with Crippen LogP contribution < -0.4 is 0 Å². The Morgan fingerprint density at radius 1 is 1.08 bits per heavy atom. The molecule has 0 bridgehead atoms. The second-order valence-electron chi connectivity index (χ2n) is 7.98. The van der Waals surface area contributed by atoms with Crippen molar-refractivity contribution >= 4 is 5.91 Å². The highest BCUT2D eigenvalue weighted by molar-refractivity contribution is 5.76. The molecule has 2 saturated heterocycles. The Morgan fingerprint density at radius 2 is 1.76 bits per heavy atom. The van der Waals surface area contributed by atoms with Crippen molar-refractivity contribution in [3.63, 3.8) is 0 Å². The Bertz CT molecular complexity index is 573. The fourth-order valence-corrected chi connectivity index (χ4v) is 4.27. The normalized spacial score (nSPS) is 21.6. The molecule has 1 N–H and O–H groups in total. The molecular weight excluding hydrogens is 312 g/mol. The monoisotopic (exact) mass is 344 g/mol. The van der Waals surface area contributed by atoms with E-state index in [9.17, 15) is 9.90 Å². The third-order valence-corrected chi connectivity index (χ3v) is 5.67. The predicted octanol–water partition coefficient (Wildman–Crippen LogP) is 3.06. The number of piperidine rings is 2. The number of β-amino-alcohol motifs (C(OH)–C–C–N with tert-alkyl or cyclic N) is 1. The summed E-state index contributed by atoms with van der Waals surface area (Å²) in [7, 11) is 0. The summed E-state index contributed by atoms with van der Waals surface area (Å²) in [6.07, 6.45) is 4.79. The highest BCUT2D eigenvalue weighted by Crippen LogP contribution is 2.24. The number of likely N-dealkylation sites (tertiary alicyclic amines) is 2. The number of hydrogen-bond acceptors (Lipinski definition) is 3. The number of aryl methyl sites for hydroxylation is 2. The molecule has 4 nitrogen and oxygen atoms in total. The van der Waals surface area contributed by atoms with Gasteiger partial charge in [-0.3, -0.25) is 4.79 Å². The first-order valence-electron chi connectivity index (χ1n) is 9.77. The summed E-state index contributed by atoms with van der Waals surface area (Å²) in [5.41, 5.74) is 3.44. The molecule has 1 atom stereocenters. The van der Waals surface area contributed by atoms with E-state index in [1.165, 1.54) is 11.1 Å². The molecule has 138 valence electrons. The largest absolute Gasteiger partial charge is 0.387 e. The van der Waals surface area contributed by atoms with Gasteiger partial charge in [0.05, 0.1) is 6.10 Å². The molecule has 1 aromatic rings. The maximum atomic E-state index is 12.0. The lowest BCUT2D eigenvalue weighted by atomic mass is 9.94. The van der Waals surface area contributed by atoms with Crippen molar-refractivity contribution in [1.82, 2.24) is 9.80 Å². The fraction of sp³-hybridized carbons (Fsp3) is 0.667. The average Bonchev–Trinajstić information content (AvgIpc) is 2.58. The van der Waals surface area contributed by atoms with Crippen molar-refractivity contribution in [3.05, 3.63) is 34.9 Å². The third kappa shape index (κ3) is 5.05. The molecule has 0 aromatic heterocycles. The van der Waals surface area contributed by atoms with E-state index in [0.717, 1.165) is 63.8 Å². The number of benzene rings is 1. The van der Waals surface area contributed by atoms with Gasteiger partial charge < -0.3 is 14.9 Å². The Kier molecular flexibility index (Phi) is 6.13. The Labute approximate surface area is 151 Å². The zero-order valence-corrected chi connectivity index (χ0v) is 15.7. The molecule has 2 heterocycles. The molecule has 4 heteroatoms. The lowest BCUT2D eigenvalue weighted by Gasteiger charge is -2.36. The van der Waals surface area contributed by atoms with Crippen LogP contribution in [0, 0.1) is 19.8 Å². The van der Waals surface area contributed by atoms with E-state index >= 15 is 0 Å². The number of aliphatic hydroxyl groups excluding tert-OH is 1. The van der Waals surface area contributed by atoms with Crippen LogP contribution in [0.5, 0.6) is 0 Å². The van der Waals surface area contributed by atoms with Gasteiger partial charge in [0.25, 0.3) is 0 Å². The molecule has 0 saturated carbocycles. The minimum absolute atomic E-state index is 0.346. The van der Waals surface area contributed by atoms with E-state index in [2.05, 4.69) is 41.8 Å². The minimum atomic E-state index is -0.418. The van der Waals surface area contributed by atoms with Crippen LogP contribution in [0.25, 0.3) is 0 Å². The maximum Gasteiger partial charge on any atom is 0.222 e. The van der Waals surface area contributed by atoms with E-state index in [4.69, 9.17) is 0 Å². The number of carbonyl (C=O) groups excluding carboxylic acids is 1. The molecule has 2 fully saturated rings. The summed E-state index contributed by atoms with van der Waals surface area (Å²) in [6.45, 7) is 8.80. The van der Waals surface area contributed by atoms with Crippen LogP contribution in [0.1, 0.15) is 54.9 Å². The Morgan fingerprint density at radius 3 is 2.40 bits per heavy atom. The summed E-state index contributed by atoms with van der Waals surface area (Å²) in [5, 5.41) is 10.6. The second kappa shape index (κ2) is 8.33. The minimum Gasteiger partial charge on any atom is -0.387 e. The smallest absolute Gasteiger partial charge is 0.222 e. The zero-order valence-electron chi connectivity index (χ0n) is 15.7. The predicted molar refractivity (Wildman–Crippen MR) is 100 cm³/mol. The topological polar surface area (TPSA) is 43.8 Å². The van der Waals surface area contributed by atoms with Crippen LogP contribution in [0.4, 0.5) is 0 Å². The van der Waals surface area contributed by atoms with E-state index in [0.29, 0.717) is 18.4 Å². The van der Waals surface area contributed by atoms with Gasteiger partial charge in [0.1, 0.15) is 0 Å². The molecular formula is C21H32N2O2. The van der Waals surface area contributed by atoms with Crippen molar-refractivity contribution in [3.8, 4) is 0 Å². The van der Waals surface area contributed by atoms with Crippen LogP contribution in [-0.4, -0.2) is 53.5 Å². The first-order chi connectivity index (χ1) is 12.0. The van der Waals surface area contributed by atoms with Gasteiger partial charge in [-0.25, -0.2) is 0 Å². The van der Waals surface area contributed by atoms with Crippen LogP contribution in [0.15, 0.2) is 18.2 Å². The lowest BCUT2D eigenvalue weighted by Crippen LogP contribution is -2.43. The highest BCUT2D eigenvalue weighted by atomic mass is 16.3. The van der Waals surface area contributed by atoms with Gasteiger partial charge in [-0.1, -0.05) is 29.3 Å². The summed E-state index contributed by atoms with van der Waals surface area (Å²) < 4.78 is 0.